The Balaban J connectivity index is 1.31. The first-order valence-corrected chi connectivity index (χ1v) is 8.62. The zero-order valence-corrected chi connectivity index (χ0v) is 13.0. The molecule has 110 valence electrons. The van der Waals surface area contributed by atoms with E-state index in [1.165, 1.54) is 36.8 Å². The second-order valence-corrected chi connectivity index (χ2v) is 7.34. The maximum atomic E-state index is 4.45. The highest BCUT2D eigenvalue weighted by molar-refractivity contribution is 7.09. The average Bonchev–Trinajstić information content (AvgIpc) is 3.17. The van der Waals surface area contributed by atoms with Crippen LogP contribution in [0.25, 0.3) is 0 Å². The summed E-state index contributed by atoms with van der Waals surface area (Å²) in [7, 11) is 0. The fourth-order valence-electron chi connectivity index (χ4n) is 3.79. The van der Waals surface area contributed by atoms with Crippen molar-refractivity contribution in [1.82, 2.24) is 14.8 Å². The highest BCUT2D eigenvalue weighted by Gasteiger charge is 2.39. The van der Waals surface area contributed by atoms with Gasteiger partial charge in [0.1, 0.15) is 0 Å². The van der Waals surface area contributed by atoms with E-state index in [9.17, 15) is 0 Å². The second-order valence-electron chi connectivity index (χ2n) is 6.31. The summed E-state index contributed by atoms with van der Waals surface area (Å²) in [5.41, 5.74) is 1.20. The van der Waals surface area contributed by atoms with Gasteiger partial charge in [0.2, 0.25) is 0 Å². The van der Waals surface area contributed by atoms with E-state index in [4.69, 9.17) is 0 Å². The number of hydrogen-bond acceptors (Lipinski definition) is 4. The molecule has 2 aliphatic rings. The SMILES string of the molecule is c1ccc(CN2C[C@@H]3CN(Cc4cccs4)C[C@@H]3C2)nc1. The van der Waals surface area contributed by atoms with Crippen molar-refractivity contribution in [3.63, 3.8) is 0 Å². The molecule has 0 bridgehead atoms. The monoisotopic (exact) mass is 299 g/mol. The number of aromatic nitrogens is 1. The Hall–Kier alpha value is -1.23. The molecule has 0 aromatic carbocycles. The van der Waals surface area contributed by atoms with Crippen LogP contribution in [0.4, 0.5) is 0 Å². The second kappa shape index (κ2) is 5.87. The quantitative estimate of drug-likeness (QED) is 0.865. The van der Waals surface area contributed by atoms with Gasteiger partial charge < -0.3 is 0 Å². The highest BCUT2D eigenvalue weighted by atomic mass is 32.1. The lowest BCUT2D eigenvalue weighted by Crippen LogP contribution is -2.28. The maximum absolute atomic E-state index is 4.45. The zero-order valence-electron chi connectivity index (χ0n) is 12.2. The third-order valence-corrected chi connectivity index (χ3v) is 5.57. The Bertz CT molecular complexity index is 555. The van der Waals surface area contributed by atoms with Crippen LogP contribution in [0.5, 0.6) is 0 Å². The summed E-state index contributed by atoms with van der Waals surface area (Å²) in [6.07, 6.45) is 1.90. The molecule has 2 saturated heterocycles. The largest absolute Gasteiger partial charge is 0.298 e. The van der Waals surface area contributed by atoms with Gasteiger partial charge in [0.05, 0.1) is 5.69 Å². The molecule has 2 aromatic heterocycles. The molecule has 0 aliphatic carbocycles. The molecule has 4 heteroatoms. The average molecular weight is 299 g/mol. The number of likely N-dealkylation sites (tertiary alicyclic amines) is 2. The van der Waals surface area contributed by atoms with Crippen molar-refractivity contribution in [2.45, 2.75) is 13.1 Å². The van der Waals surface area contributed by atoms with Gasteiger partial charge in [-0.2, -0.15) is 0 Å². The van der Waals surface area contributed by atoms with E-state index < -0.39 is 0 Å². The summed E-state index contributed by atoms with van der Waals surface area (Å²) in [4.78, 5) is 11.2. The molecule has 2 fully saturated rings. The normalized spacial score (nSPS) is 26.3. The van der Waals surface area contributed by atoms with Crippen LogP contribution in [0.1, 0.15) is 10.6 Å². The Kier molecular flexibility index (Phi) is 3.76. The molecule has 0 unspecified atom stereocenters. The minimum absolute atomic E-state index is 0.855. The summed E-state index contributed by atoms with van der Waals surface area (Å²) in [5.74, 6) is 1.71. The molecule has 0 N–H and O–H groups in total. The summed E-state index contributed by atoms with van der Waals surface area (Å²) < 4.78 is 0. The Morgan fingerprint density at radius 1 is 0.952 bits per heavy atom. The first kappa shape index (κ1) is 13.4. The standard InChI is InChI=1S/C17H21N3S/c1-2-6-18-16(4-1)12-19-8-14-10-20(11-15(14)9-19)13-17-5-3-7-21-17/h1-7,14-15H,8-13H2/t14-,15+. The predicted octanol–water partition coefficient (Wildman–Crippen LogP) is 2.71. The molecule has 4 rings (SSSR count). The number of rotatable bonds is 4. The van der Waals surface area contributed by atoms with Gasteiger partial charge in [-0.05, 0) is 35.4 Å². The van der Waals surface area contributed by atoms with Crippen molar-refractivity contribution in [2.75, 3.05) is 26.2 Å². The molecule has 2 aromatic rings. The maximum Gasteiger partial charge on any atom is 0.0543 e. The van der Waals surface area contributed by atoms with Crippen LogP contribution >= 0.6 is 11.3 Å². The number of pyridine rings is 1. The van der Waals surface area contributed by atoms with E-state index in [-0.39, 0.29) is 0 Å². The summed E-state index contributed by atoms with van der Waals surface area (Å²) in [6.45, 7) is 7.16. The van der Waals surface area contributed by atoms with Gasteiger partial charge in [0, 0.05) is 50.3 Å². The summed E-state index contributed by atoms with van der Waals surface area (Å²) >= 11 is 1.88. The van der Waals surface area contributed by atoms with Crippen molar-refractivity contribution in [1.29, 1.82) is 0 Å². The molecular weight excluding hydrogens is 278 g/mol. The number of thiophene rings is 1. The van der Waals surface area contributed by atoms with Gasteiger partial charge >= 0.3 is 0 Å². The van der Waals surface area contributed by atoms with Crippen molar-refractivity contribution in [2.24, 2.45) is 11.8 Å². The Morgan fingerprint density at radius 3 is 2.33 bits per heavy atom. The van der Waals surface area contributed by atoms with Crippen LogP contribution in [0, 0.1) is 11.8 Å². The molecular formula is C17H21N3S. The smallest absolute Gasteiger partial charge is 0.0543 e. The molecule has 3 nitrogen and oxygen atoms in total. The van der Waals surface area contributed by atoms with Crippen LogP contribution in [0.15, 0.2) is 41.9 Å². The van der Waals surface area contributed by atoms with Gasteiger partial charge in [0.15, 0.2) is 0 Å². The molecule has 2 atom stereocenters. The third-order valence-electron chi connectivity index (χ3n) is 4.71. The number of nitrogens with zero attached hydrogens (tertiary/aromatic N) is 3. The van der Waals surface area contributed by atoms with E-state index in [0.717, 1.165) is 24.9 Å². The lowest BCUT2D eigenvalue weighted by atomic mass is 10.0. The first-order valence-electron chi connectivity index (χ1n) is 7.74. The number of hydrogen-bond donors (Lipinski definition) is 0. The Labute approximate surface area is 130 Å². The first-order chi connectivity index (χ1) is 10.4. The van der Waals surface area contributed by atoms with E-state index in [1.54, 1.807) is 0 Å². The predicted molar refractivity (Wildman–Crippen MR) is 86.1 cm³/mol. The van der Waals surface area contributed by atoms with Gasteiger partial charge in [-0.1, -0.05) is 12.1 Å². The molecule has 4 heterocycles. The minimum atomic E-state index is 0.855. The van der Waals surface area contributed by atoms with E-state index >= 15 is 0 Å². The van der Waals surface area contributed by atoms with Crippen LogP contribution in [-0.2, 0) is 13.1 Å². The lowest BCUT2D eigenvalue weighted by molar-refractivity contribution is 0.246. The lowest BCUT2D eigenvalue weighted by Gasteiger charge is -2.20. The molecule has 2 aliphatic heterocycles. The minimum Gasteiger partial charge on any atom is -0.298 e. The molecule has 21 heavy (non-hydrogen) atoms. The van der Waals surface area contributed by atoms with Gasteiger partial charge in [-0.15, -0.1) is 11.3 Å². The van der Waals surface area contributed by atoms with Crippen molar-refractivity contribution >= 4 is 11.3 Å². The Morgan fingerprint density at radius 2 is 1.71 bits per heavy atom. The fraction of sp³-hybridized carbons (Fsp3) is 0.471. The van der Waals surface area contributed by atoms with E-state index in [0.29, 0.717) is 0 Å². The van der Waals surface area contributed by atoms with Gasteiger partial charge in [-0.25, -0.2) is 0 Å². The van der Waals surface area contributed by atoms with Crippen LogP contribution in [0.3, 0.4) is 0 Å². The van der Waals surface area contributed by atoms with Crippen LogP contribution in [-0.4, -0.2) is 41.0 Å². The molecule has 0 saturated carbocycles. The van der Waals surface area contributed by atoms with Crippen molar-refractivity contribution < 1.29 is 0 Å². The van der Waals surface area contributed by atoms with Crippen LogP contribution in [0.2, 0.25) is 0 Å². The number of fused-ring (bicyclic) bond motifs is 1. The highest BCUT2D eigenvalue weighted by Crippen LogP contribution is 2.32. The topological polar surface area (TPSA) is 19.4 Å². The van der Waals surface area contributed by atoms with Crippen LogP contribution < -0.4 is 0 Å². The fourth-order valence-corrected chi connectivity index (χ4v) is 4.54. The summed E-state index contributed by atoms with van der Waals surface area (Å²) in [5, 5.41) is 2.18. The molecule has 0 spiro atoms. The van der Waals surface area contributed by atoms with Crippen molar-refractivity contribution in [3.8, 4) is 0 Å². The third kappa shape index (κ3) is 3.03. The van der Waals surface area contributed by atoms with E-state index in [2.05, 4.69) is 44.4 Å². The molecule has 0 radical (unpaired) electrons. The zero-order chi connectivity index (χ0) is 14.1. The molecule has 0 amide bonds. The van der Waals surface area contributed by atoms with E-state index in [1.807, 2.05) is 23.6 Å². The van der Waals surface area contributed by atoms with Crippen molar-refractivity contribution in [3.05, 3.63) is 52.5 Å². The van der Waals surface area contributed by atoms with Gasteiger partial charge in [-0.3, -0.25) is 14.8 Å². The summed E-state index contributed by atoms with van der Waals surface area (Å²) in [6, 6.07) is 10.6. The van der Waals surface area contributed by atoms with Gasteiger partial charge in [0.25, 0.3) is 0 Å².